The quantitative estimate of drug-likeness (QED) is 0.207. The number of aliphatic carboxylic acids is 1. The molecule has 0 saturated heterocycles. The molecule has 0 saturated carbocycles. The van der Waals surface area contributed by atoms with Crippen LogP contribution in [-0.2, 0) is 9.59 Å². The van der Waals surface area contributed by atoms with Crippen LogP contribution in [-0.4, -0.2) is 37.2 Å². The molecule has 2 rings (SSSR count). The van der Waals surface area contributed by atoms with Crippen LogP contribution in [0.3, 0.4) is 0 Å². The predicted molar refractivity (Wildman–Crippen MR) is 84.2 cm³/mol. The molecule has 0 spiro atoms. The first-order chi connectivity index (χ1) is 10.2. The maximum Gasteiger partial charge on any atom is 0.340 e. The van der Waals surface area contributed by atoms with E-state index in [0.717, 1.165) is 0 Å². The summed E-state index contributed by atoms with van der Waals surface area (Å²) in [5, 5.41) is 9.45. The van der Waals surface area contributed by atoms with E-state index in [1.165, 1.54) is 40.8 Å². The average Bonchev–Trinajstić information content (AvgIpc) is 2.69. The zero-order valence-corrected chi connectivity index (χ0v) is 13.4. The molecular weight excluding hydrogens is 405 g/mol. The normalized spacial score (nSPS) is 16.3. The van der Waals surface area contributed by atoms with Gasteiger partial charge in [0.05, 0.1) is 11.1 Å². The van der Waals surface area contributed by atoms with E-state index in [0.29, 0.717) is 4.90 Å². The summed E-state index contributed by atoms with van der Waals surface area (Å²) in [4.78, 5) is 48.1. The number of carboxylic acids is 1. The van der Waals surface area contributed by atoms with Crippen LogP contribution in [0.2, 0.25) is 0 Å². The molecule has 9 heteroatoms. The Labute approximate surface area is 138 Å². The molecule has 22 heavy (non-hydrogen) atoms. The highest BCUT2D eigenvalue weighted by Crippen LogP contribution is 2.38. The SMILES string of the molecule is NC(=O)CCC(I)(C(=O)O)N1C(=O)c2cccc(N)c2C1=O. The zero-order valence-electron chi connectivity index (χ0n) is 11.2. The van der Waals surface area contributed by atoms with Crippen LogP contribution in [0.4, 0.5) is 5.69 Å². The van der Waals surface area contributed by atoms with Crippen LogP contribution in [0, 0.1) is 0 Å². The molecule has 5 N–H and O–H groups in total. The summed E-state index contributed by atoms with van der Waals surface area (Å²) in [5.41, 5.74) is 10.9. The standard InChI is InChI=1S/C13H12IN3O5/c14-13(12(21)22,5-4-8(16)18)17-10(19)6-2-1-3-7(15)9(6)11(17)20/h1-3H,4-5,15H2,(H2,16,18)(H,21,22). The number of carbonyl (C=O) groups is 4. The highest BCUT2D eigenvalue weighted by molar-refractivity contribution is 14.1. The van der Waals surface area contributed by atoms with Gasteiger partial charge in [0, 0.05) is 18.5 Å². The molecule has 1 aromatic rings. The van der Waals surface area contributed by atoms with E-state index >= 15 is 0 Å². The number of nitrogens with two attached hydrogens (primary N) is 2. The van der Waals surface area contributed by atoms with Gasteiger partial charge in [-0.15, -0.1) is 0 Å². The molecule has 1 aliphatic heterocycles. The molecule has 3 amide bonds. The number of nitrogen functional groups attached to an aromatic ring is 1. The number of hydrogen-bond acceptors (Lipinski definition) is 5. The van der Waals surface area contributed by atoms with Crippen LogP contribution in [0.15, 0.2) is 18.2 Å². The molecule has 0 fully saturated rings. The number of nitrogens with zero attached hydrogens (tertiary/aromatic N) is 1. The summed E-state index contributed by atoms with van der Waals surface area (Å²) < 4.78 is -1.91. The van der Waals surface area contributed by atoms with E-state index in [2.05, 4.69) is 0 Å². The molecule has 1 aliphatic rings. The van der Waals surface area contributed by atoms with E-state index in [4.69, 9.17) is 11.5 Å². The lowest BCUT2D eigenvalue weighted by Gasteiger charge is -2.31. The summed E-state index contributed by atoms with van der Waals surface area (Å²) >= 11 is 1.48. The van der Waals surface area contributed by atoms with Crippen LogP contribution < -0.4 is 11.5 Å². The number of carbonyl (C=O) groups excluding carboxylic acids is 3. The van der Waals surface area contributed by atoms with E-state index in [9.17, 15) is 24.3 Å². The highest BCUT2D eigenvalue weighted by atomic mass is 127. The fourth-order valence-electron chi connectivity index (χ4n) is 2.24. The third kappa shape index (κ3) is 2.40. The molecule has 1 unspecified atom stereocenters. The molecule has 0 bridgehead atoms. The Bertz CT molecular complexity index is 705. The van der Waals surface area contributed by atoms with Crippen molar-refractivity contribution in [3.8, 4) is 0 Å². The second-order valence-corrected chi connectivity index (χ2v) is 6.53. The number of amides is 3. The van der Waals surface area contributed by atoms with Gasteiger partial charge in [0.25, 0.3) is 11.8 Å². The van der Waals surface area contributed by atoms with Crippen LogP contribution in [0.25, 0.3) is 0 Å². The van der Waals surface area contributed by atoms with Crippen LogP contribution in [0.5, 0.6) is 0 Å². The van der Waals surface area contributed by atoms with Crippen LogP contribution in [0.1, 0.15) is 33.6 Å². The number of imide groups is 1. The van der Waals surface area contributed by atoms with Gasteiger partial charge in [0.1, 0.15) is 0 Å². The molecule has 8 nitrogen and oxygen atoms in total. The van der Waals surface area contributed by atoms with Gasteiger partial charge in [0.2, 0.25) is 5.91 Å². The summed E-state index contributed by atoms with van der Waals surface area (Å²) in [6, 6.07) is 4.35. The monoisotopic (exact) mass is 417 g/mol. The molecule has 1 aromatic carbocycles. The fourth-order valence-corrected chi connectivity index (χ4v) is 2.94. The van der Waals surface area contributed by atoms with Gasteiger partial charge in [-0.3, -0.25) is 14.4 Å². The Morgan fingerprint density at radius 2 is 1.91 bits per heavy atom. The second kappa shape index (κ2) is 5.55. The summed E-state index contributed by atoms with van der Waals surface area (Å²) in [5.74, 6) is -3.69. The van der Waals surface area contributed by atoms with Gasteiger partial charge in [-0.2, -0.15) is 0 Å². The maximum atomic E-state index is 12.5. The summed E-state index contributed by atoms with van der Waals surface area (Å²) in [6.45, 7) is 0. The minimum Gasteiger partial charge on any atom is -0.479 e. The summed E-state index contributed by atoms with van der Waals surface area (Å²) in [6.07, 6.45) is -0.568. The molecule has 0 radical (unpaired) electrons. The van der Waals surface area contributed by atoms with E-state index in [-0.39, 0.29) is 29.7 Å². The topological polar surface area (TPSA) is 144 Å². The Balaban J connectivity index is 2.50. The fraction of sp³-hybridized carbons (Fsp3) is 0.231. The first-order valence-electron chi connectivity index (χ1n) is 6.18. The van der Waals surface area contributed by atoms with Crippen molar-refractivity contribution in [3.05, 3.63) is 29.3 Å². The van der Waals surface area contributed by atoms with Crippen molar-refractivity contribution in [1.29, 1.82) is 0 Å². The lowest BCUT2D eigenvalue weighted by atomic mass is 10.1. The number of alkyl halides is 1. The molecule has 116 valence electrons. The predicted octanol–water partition coefficient (Wildman–Crippen LogP) is 0.346. The van der Waals surface area contributed by atoms with Gasteiger partial charge in [-0.25, -0.2) is 9.69 Å². The van der Waals surface area contributed by atoms with E-state index < -0.39 is 27.2 Å². The van der Waals surface area contributed by atoms with Gasteiger partial charge in [0.15, 0.2) is 3.55 Å². The number of benzene rings is 1. The van der Waals surface area contributed by atoms with Gasteiger partial charge in [-0.1, -0.05) is 6.07 Å². The number of carboxylic acid groups (broad SMARTS) is 1. The van der Waals surface area contributed by atoms with Crippen molar-refractivity contribution >= 4 is 52.0 Å². The molecule has 0 aromatic heterocycles. The van der Waals surface area contributed by atoms with E-state index in [1.807, 2.05) is 0 Å². The highest BCUT2D eigenvalue weighted by Gasteiger charge is 2.53. The van der Waals surface area contributed by atoms with Crippen molar-refractivity contribution < 1.29 is 24.3 Å². The largest absolute Gasteiger partial charge is 0.479 e. The second-order valence-electron chi connectivity index (χ2n) is 4.75. The number of primary amides is 1. The van der Waals surface area contributed by atoms with E-state index in [1.54, 1.807) is 0 Å². The molecule has 1 atom stereocenters. The zero-order chi connectivity index (χ0) is 16.7. The number of anilines is 1. The number of hydrogen-bond donors (Lipinski definition) is 3. The molecule has 1 heterocycles. The Morgan fingerprint density at radius 1 is 1.27 bits per heavy atom. The molecular formula is C13H12IN3O5. The first-order valence-corrected chi connectivity index (χ1v) is 7.26. The van der Waals surface area contributed by atoms with Gasteiger partial charge < -0.3 is 16.6 Å². The number of halogens is 1. The van der Waals surface area contributed by atoms with Crippen molar-refractivity contribution in [2.24, 2.45) is 5.73 Å². The average molecular weight is 417 g/mol. The Morgan fingerprint density at radius 3 is 2.41 bits per heavy atom. The minimum atomic E-state index is -1.91. The summed E-state index contributed by atoms with van der Waals surface area (Å²) in [7, 11) is 0. The third-order valence-corrected chi connectivity index (χ3v) is 4.82. The molecule has 0 aliphatic carbocycles. The van der Waals surface area contributed by atoms with Gasteiger partial charge >= 0.3 is 5.97 Å². The smallest absolute Gasteiger partial charge is 0.340 e. The Kier molecular flexibility index (Phi) is 4.09. The third-order valence-electron chi connectivity index (χ3n) is 3.33. The van der Waals surface area contributed by atoms with Crippen molar-refractivity contribution in [2.45, 2.75) is 16.4 Å². The van der Waals surface area contributed by atoms with Gasteiger partial charge in [-0.05, 0) is 34.7 Å². The maximum absolute atomic E-state index is 12.5. The lowest BCUT2D eigenvalue weighted by Crippen LogP contribution is -2.53. The number of fused-ring (bicyclic) bond motifs is 1. The van der Waals surface area contributed by atoms with Crippen molar-refractivity contribution in [2.75, 3.05) is 5.73 Å². The number of rotatable bonds is 5. The van der Waals surface area contributed by atoms with Crippen LogP contribution >= 0.6 is 22.6 Å². The first kappa shape index (κ1) is 16.2. The van der Waals surface area contributed by atoms with Crippen molar-refractivity contribution in [1.82, 2.24) is 4.90 Å². The van der Waals surface area contributed by atoms with Crippen molar-refractivity contribution in [3.63, 3.8) is 0 Å². The Hall–Kier alpha value is -2.17. The minimum absolute atomic E-state index is 0.0196. The lowest BCUT2D eigenvalue weighted by molar-refractivity contribution is -0.142.